The third kappa shape index (κ3) is 2.99. The van der Waals surface area contributed by atoms with Gasteiger partial charge in [0.05, 0.1) is 19.6 Å². The summed E-state index contributed by atoms with van der Waals surface area (Å²) in [4.78, 5) is 0. The smallest absolute Gasteiger partial charge is 0.230 e. The Labute approximate surface area is 118 Å². The van der Waals surface area contributed by atoms with Gasteiger partial charge in [-0.15, -0.1) is 10.2 Å². The van der Waals surface area contributed by atoms with E-state index in [-0.39, 0.29) is 6.54 Å². The Hall–Kier alpha value is -1.88. The van der Waals surface area contributed by atoms with Crippen molar-refractivity contribution in [3.63, 3.8) is 0 Å². The zero-order chi connectivity index (χ0) is 13.8. The van der Waals surface area contributed by atoms with E-state index in [0.29, 0.717) is 24.8 Å². The van der Waals surface area contributed by atoms with Crippen LogP contribution >= 0.6 is 0 Å². The second kappa shape index (κ2) is 6.05. The molecule has 1 heterocycles. The predicted octanol–water partition coefficient (Wildman–Crippen LogP) is 2.03. The van der Waals surface area contributed by atoms with Gasteiger partial charge in [0.25, 0.3) is 0 Å². The second-order valence-corrected chi connectivity index (χ2v) is 5.03. The van der Waals surface area contributed by atoms with Crippen molar-refractivity contribution in [2.75, 3.05) is 6.61 Å². The standard InChI is InChI=1S/C15H19N3O2/c16-10-15-18-17-14(20-15)7-8-19-13-6-5-11-3-1-2-4-12(11)9-13/h5-6,9H,1-4,7-8,10,16H2. The minimum atomic E-state index is 0.276. The number of fused-ring (bicyclic) bond motifs is 1. The lowest BCUT2D eigenvalue weighted by atomic mass is 9.92. The molecule has 2 aromatic rings. The van der Waals surface area contributed by atoms with Crippen molar-refractivity contribution in [3.8, 4) is 5.75 Å². The fraction of sp³-hybridized carbons (Fsp3) is 0.467. The number of hydrogen-bond acceptors (Lipinski definition) is 5. The summed E-state index contributed by atoms with van der Waals surface area (Å²) in [5.41, 5.74) is 8.31. The molecule has 5 nitrogen and oxygen atoms in total. The number of nitrogens with two attached hydrogens (primary N) is 1. The van der Waals surface area contributed by atoms with Crippen LogP contribution in [0.15, 0.2) is 22.6 Å². The topological polar surface area (TPSA) is 74.2 Å². The first-order valence-corrected chi connectivity index (χ1v) is 7.11. The van der Waals surface area contributed by atoms with Crippen molar-refractivity contribution in [1.29, 1.82) is 0 Å². The van der Waals surface area contributed by atoms with E-state index in [1.165, 1.54) is 30.4 Å². The van der Waals surface area contributed by atoms with E-state index in [4.69, 9.17) is 14.9 Å². The van der Waals surface area contributed by atoms with Gasteiger partial charge < -0.3 is 14.9 Å². The Morgan fingerprint density at radius 1 is 1.10 bits per heavy atom. The number of hydrogen-bond donors (Lipinski definition) is 1. The van der Waals surface area contributed by atoms with Crippen LogP contribution in [-0.4, -0.2) is 16.8 Å². The molecule has 0 spiro atoms. The van der Waals surface area contributed by atoms with E-state index < -0.39 is 0 Å². The van der Waals surface area contributed by atoms with E-state index in [9.17, 15) is 0 Å². The van der Waals surface area contributed by atoms with Crippen molar-refractivity contribution in [2.24, 2.45) is 5.73 Å². The molecule has 2 N–H and O–H groups in total. The van der Waals surface area contributed by atoms with Crippen LogP contribution in [0.4, 0.5) is 0 Å². The maximum atomic E-state index is 5.76. The lowest BCUT2D eigenvalue weighted by Crippen LogP contribution is -2.05. The molecule has 3 rings (SSSR count). The summed E-state index contributed by atoms with van der Waals surface area (Å²) < 4.78 is 11.1. The molecule has 0 amide bonds. The molecule has 0 atom stereocenters. The van der Waals surface area contributed by atoms with Crippen LogP contribution in [0.3, 0.4) is 0 Å². The molecule has 1 aromatic heterocycles. The number of ether oxygens (including phenoxy) is 1. The zero-order valence-electron chi connectivity index (χ0n) is 11.5. The van der Waals surface area contributed by atoms with Crippen LogP contribution in [0.1, 0.15) is 35.7 Å². The monoisotopic (exact) mass is 273 g/mol. The fourth-order valence-electron chi connectivity index (χ4n) is 2.53. The van der Waals surface area contributed by atoms with Crippen molar-refractivity contribution >= 4 is 0 Å². The number of aryl methyl sites for hydroxylation is 2. The molecule has 0 unspecified atom stereocenters. The Morgan fingerprint density at radius 2 is 1.90 bits per heavy atom. The Morgan fingerprint density at radius 3 is 2.70 bits per heavy atom. The van der Waals surface area contributed by atoms with E-state index in [1.54, 1.807) is 0 Å². The van der Waals surface area contributed by atoms with Gasteiger partial charge in [-0.2, -0.15) is 0 Å². The van der Waals surface area contributed by atoms with Gasteiger partial charge in [-0.3, -0.25) is 0 Å². The zero-order valence-corrected chi connectivity index (χ0v) is 11.5. The first kappa shape index (κ1) is 13.1. The van der Waals surface area contributed by atoms with E-state index in [2.05, 4.69) is 22.3 Å². The Bertz CT molecular complexity index is 580. The van der Waals surface area contributed by atoms with Crippen molar-refractivity contribution < 1.29 is 9.15 Å². The molecule has 0 saturated heterocycles. The molecular formula is C15H19N3O2. The lowest BCUT2D eigenvalue weighted by molar-refractivity contribution is 0.303. The average Bonchev–Trinajstić information content (AvgIpc) is 2.95. The molecular weight excluding hydrogens is 254 g/mol. The average molecular weight is 273 g/mol. The van der Waals surface area contributed by atoms with Crippen LogP contribution in [-0.2, 0) is 25.8 Å². The van der Waals surface area contributed by atoms with E-state index in [1.807, 2.05) is 6.07 Å². The van der Waals surface area contributed by atoms with Crippen molar-refractivity contribution in [1.82, 2.24) is 10.2 Å². The molecule has 0 saturated carbocycles. The van der Waals surface area contributed by atoms with Crippen molar-refractivity contribution in [3.05, 3.63) is 41.1 Å². The third-order valence-corrected chi connectivity index (χ3v) is 3.59. The quantitative estimate of drug-likeness (QED) is 0.902. The first-order chi connectivity index (χ1) is 9.85. The van der Waals surface area contributed by atoms with Gasteiger partial charge in [-0.1, -0.05) is 6.07 Å². The largest absolute Gasteiger partial charge is 0.493 e. The van der Waals surface area contributed by atoms with Crippen LogP contribution in [0.5, 0.6) is 5.75 Å². The summed E-state index contributed by atoms with van der Waals surface area (Å²) in [6, 6.07) is 6.39. The van der Waals surface area contributed by atoms with Gasteiger partial charge in [0.1, 0.15) is 5.75 Å². The van der Waals surface area contributed by atoms with E-state index in [0.717, 1.165) is 12.2 Å². The Kier molecular flexibility index (Phi) is 3.97. The summed E-state index contributed by atoms with van der Waals surface area (Å²) >= 11 is 0. The van der Waals surface area contributed by atoms with Gasteiger partial charge in [0.2, 0.25) is 11.8 Å². The Balaban J connectivity index is 1.55. The first-order valence-electron chi connectivity index (χ1n) is 7.11. The van der Waals surface area contributed by atoms with Gasteiger partial charge >= 0.3 is 0 Å². The highest BCUT2D eigenvalue weighted by atomic mass is 16.5. The van der Waals surface area contributed by atoms with Crippen LogP contribution < -0.4 is 10.5 Å². The maximum Gasteiger partial charge on any atom is 0.230 e. The molecule has 1 aromatic carbocycles. The maximum absolute atomic E-state index is 5.76. The van der Waals surface area contributed by atoms with Gasteiger partial charge in [-0.25, -0.2) is 0 Å². The summed E-state index contributed by atoms with van der Waals surface area (Å²) in [5, 5.41) is 7.73. The highest BCUT2D eigenvalue weighted by Gasteiger charge is 2.10. The lowest BCUT2D eigenvalue weighted by Gasteiger charge is -2.16. The summed E-state index contributed by atoms with van der Waals surface area (Å²) in [7, 11) is 0. The van der Waals surface area contributed by atoms with Crippen LogP contribution in [0.25, 0.3) is 0 Å². The molecule has 20 heavy (non-hydrogen) atoms. The summed E-state index contributed by atoms with van der Waals surface area (Å²) in [6.07, 6.45) is 5.54. The molecule has 0 fully saturated rings. The van der Waals surface area contributed by atoms with Gasteiger partial charge in [0.15, 0.2) is 0 Å². The summed E-state index contributed by atoms with van der Waals surface area (Å²) in [6.45, 7) is 0.809. The minimum absolute atomic E-state index is 0.276. The molecule has 106 valence electrons. The molecule has 1 aliphatic carbocycles. The predicted molar refractivity (Wildman–Crippen MR) is 74.5 cm³/mol. The van der Waals surface area contributed by atoms with Crippen LogP contribution in [0, 0.1) is 0 Å². The minimum Gasteiger partial charge on any atom is -0.493 e. The molecule has 1 aliphatic rings. The van der Waals surface area contributed by atoms with Crippen molar-refractivity contribution in [2.45, 2.75) is 38.6 Å². The summed E-state index contributed by atoms with van der Waals surface area (Å²) in [5.74, 6) is 1.96. The normalized spacial score (nSPS) is 14.1. The van der Waals surface area contributed by atoms with Gasteiger partial charge in [0, 0.05) is 0 Å². The van der Waals surface area contributed by atoms with Gasteiger partial charge in [-0.05, 0) is 48.9 Å². The highest BCUT2D eigenvalue weighted by Crippen LogP contribution is 2.25. The molecule has 0 aliphatic heterocycles. The number of aromatic nitrogens is 2. The third-order valence-electron chi connectivity index (χ3n) is 3.59. The SMILES string of the molecule is NCc1nnc(CCOc2ccc3c(c2)CCCC3)o1. The van der Waals surface area contributed by atoms with E-state index >= 15 is 0 Å². The molecule has 0 radical (unpaired) electrons. The second-order valence-electron chi connectivity index (χ2n) is 5.03. The number of benzene rings is 1. The highest BCUT2D eigenvalue weighted by molar-refractivity contribution is 5.37. The molecule has 0 bridgehead atoms. The van der Waals surface area contributed by atoms with Crippen LogP contribution in [0.2, 0.25) is 0 Å². The number of nitrogens with zero attached hydrogens (tertiary/aromatic N) is 2. The molecule has 5 heteroatoms. The number of rotatable bonds is 5. The fourth-order valence-corrected chi connectivity index (χ4v) is 2.53.